The highest BCUT2D eigenvalue weighted by molar-refractivity contribution is 5.79. The fourth-order valence-corrected chi connectivity index (χ4v) is 2.63. The summed E-state index contributed by atoms with van der Waals surface area (Å²) in [5.41, 5.74) is 4.15. The molecule has 0 radical (unpaired) electrons. The molecule has 0 saturated heterocycles. The summed E-state index contributed by atoms with van der Waals surface area (Å²) < 4.78 is 2.09. The van der Waals surface area contributed by atoms with Crippen LogP contribution in [0.15, 0.2) is 53.8 Å². The molecular weight excluding hydrogens is 312 g/mol. The Kier molecular flexibility index (Phi) is 5.61. The fourth-order valence-electron chi connectivity index (χ4n) is 2.63. The van der Waals surface area contributed by atoms with Crippen molar-refractivity contribution in [2.45, 2.75) is 26.8 Å². The van der Waals surface area contributed by atoms with E-state index in [9.17, 15) is 0 Å². The summed E-state index contributed by atoms with van der Waals surface area (Å²) in [5, 5.41) is 6.62. The average Bonchev–Trinajstić information content (AvgIpc) is 3.05. The van der Waals surface area contributed by atoms with Crippen molar-refractivity contribution in [2.75, 3.05) is 13.1 Å². The third kappa shape index (κ3) is 4.56. The first-order valence-corrected chi connectivity index (χ1v) is 8.62. The van der Waals surface area contributed by atoms with Gasteiger partial charge in [0.25, 0.3) is 0 Å². The van der Waals surface area contributed by atoms with Gasteiger partial charge in [0.15, 0.2) is 5.96 Å². The minimum Gasteiger partial charge on any atom is -0.357 e. The molecule has 3 aromatic heterocycles. The van der Waals surface area contributed by atoms with Crippen LogP contribution in [0.3, 0.4) is 0 Å². The minimum atomic E-state index is 0.542. The van der Waals surface area contributed by atoms with E-state index in [2.05, 4.69) is 49.9 Å². The second-order valence-corrected chi connectivity index (χ2v) is 5.82. The Morgan fingerprint density at radius 1 is 1.12 bits per heavy atom. The van der Waals surface area contributed by atoms with Gasteiger partial charge in [0.2, 0.25) is 0 Å². The number of aryl methyl sites for hydroxylation is 1. The molecule has 0 aliphatic rings. The van der Waals surface area contributed by atoms with E-state index in [4.69, 9.17) is 0 Å². The van der Waals surface area contributed by atoms with Gasteiger partial charge in [-0.1, -0.05) is 12.1 Å². The van der Waals surface area contributed by atoms with Crippen LogP contribution >= 0.6 is 0 Å². The molecule has 0 unspecified atom stereocenters. The van der Waals surface area contributed by atoms with Gasteiger partial charge in [-0.3, -0.25) is 4.98 Å². The van der Waals surface area contributed by atoms with Crippen LogP contribution in [0.5, 0.6) is 0 Å². The van der Waals surface area contributed by atoms with E-state index in [0.717, 1.165) is 42.5 Å². The Hall–Kier alpha value is -2.89. The van der Waals surface area contributed by atoms with Crippen molar-refractivity contribution < 1.29 is 0 Å². The number of aromatic nitrogens is 3. The zero-order valence-corrected chi connectivity index (χ0v) is 14.7. The SMILES string of the molecule is CCNC(=NCc1cn2c(C)cccc2n1)NCCc1ccccn1. The van der Waals surface area contributed by atoms with E-state index >= 15 is 0 Å². The largest absolute Gasteiger partial charge is 0.357 e. The van der Waals surface area contributed by atoms with Crippen LogP contribution in [0.4, 0.5) is 0 Å². The van der Waals surface area contributed by atoms with Crippen molar-refractivity contribution in [3.05, 3.63) is 65.9 Å². The number of hydrogen-bond acceptors (Lipinski definition) is 3. The second-order valence-electron chi connectivity index (χ2n) is 5.82. The van der Waals surface area contributed by atoms with E-state index in [0.29, 0.717) is 6.54 Å². The maximum Gasteiger partial charge on any atom is 0.191 e. The first-order chi connectivity index (χ1) is 12.3. The van der Waals surface area contributed by atoms with Crippen molar-refractivity contribution in [2.24, 2.45) is 4.99 Å². The molecule has 0 bridgehead atoms. The van der Waals surface area contributed by atoms with Gasteiger partial charge in [0, 0.05) is 43.3 Å². The van der Waals surface area contributed by atoms with Gasteiger partial charge in [-0.05, 0) is 38.1 Å². The number of pyridine rings is 2. The monoisotopic (exact) mass is 336 g/mol. The highest BCUT2D eigenvalue weighted by Gasteiger charge is 2.04. The minimum absolute atomic E-state index is 0.542. The fraction of sp³-hybridized carbons (Fsp3) is 0.316. The van der Waals surface area contributed by atoms with Gasteiger partial charge in [-0.15, -0.1) is 0 Å². The van der Waals surface area contributed by atoms with Crippen LogP contribution in [-0.4, -0.2) is 33.4 Å². The lowest BCUT2D eigenvalue weighted by atomic mass is 10.3. The van der Waals surface area contributed by atoms with E-state index < -0.39 is 0 Å². The standard InChI is InChI=1S/C19H24N6/c1-3-20-19(22-12-10-16-8-4-5-11-21-16)23-13-17-14-25-15(2)7-6-9-18(25)24-17/h4-9,11,14H,3,10,12-13H2,1-2H3,(H2,20,22,23). The number of nitrogens with one attached hydrogen (secondary N) is 2. The maximum atomic E-state index is 4.64. The quantitative estimate of drug-likeness (QED) is 0.536. The molecule has 0 spiro atoms. The molecule has 0 aliphatic heterocycles. The summed E-state index contributed by atoms with van der Waals surface area (Å²) in [6.07, 6.45) is 4.73. The average molecular weight is 336 g/mol. The normalized spacial score (nSPS) is 11.7. The molecule has 6 nitrogen and oxygen atoms in total. The molecule has 3 rings (SSSR count). The predicted octanol–water partition coefficient (Wildman–Crippen LogP) is 2.34. The molecule has 0 fully saturated rings. The topological polar surface area (TPSA) is 66.6 Å². The van der Waals surface area contributed by atoms with E-state index in [1.165, 1.54) is 5.69 Å². The highest BCUT2D eigenvalue weighted by atomic mass is 15.2. The second kappa shape index (κ2) is 8.28. The molecular formula is C19H24N6. The molecule has 0 aromatic carbocycles. The third-order valence-electron chi connectivity index (χ3n) is 3.89. The Labute approximate surface area is 148 Å². The van der Waals surface area contributed by atoms with Crippen molar-refractivity contribution in [1.29, 1.82) is 0 Å². The summed E-state index contributed by atoms with van der Waals surface area (Å²) in [7, 11) is 0. The lowest BCUT2D eigenvalue weighted by Gasteiger charge is -2.10. The van der Waals surface area contributed by atoms with Crippen molar-refractivity contribution in [1.82, 2.24) is 25.0 Å². The van der Waals surface area contributed by atoms with Crippen LogP contribution in [0.1, 0.15) is 24.0 Å². The molecule has 0 aliphatic carbocycles. The number of guanidine groups is 1. The number of fused-ring (bicyclic) bond motifs is 1. The number of imidazole rings is 1. The molecule has 0 amide bonds. The van der Waals surface area contributed by atoms with E-state index in [1.807, 2.05) is 42.7 Å². The van der Waals surface area contributed by atoms with E-state index in [-0.39, 0.29) is 0 Å². The Morgan fingerprint density at radius 2 is 2.04 bits per heavy atom. The maximum absolute atomic E-state index is 4.64. The summed E-state index contributed by atoms with van der Waals surface area (Å²) in [6.45, 7) is 6.28. The summed E-state index contributed by atoms with van der Waals surface area (Å²) in [6, 6.07) is 12.1. The molecule has 2 N–H and O–H groups in total. The molecule has 25 heavy (non-hydrogen) atoms. The molecule has 3 heterocycles. The smallest absolute Gasteiger partial charge is 0.191 e. The summed E-state index contributed by atoms with van der Waals surface area (Å²) in [5.74, 6) is 0.798. The first kappa shape index (κ1) is 17.0. The number of nitrogens with zero attached hydrogens (tertiary/aromatic N) is 4. The van der Waals surface area contributed by atoms with Crippen molar-refractivity contribution >= 4 is 11.6 Å². The van der Waals surface area contributed by atoms with Gasteiger partial charge >= 0.3 is 0 Å². The molecule has 3 aromatic rings. The highest BCUT2D eigenvalue weighted by Crippen LogP contribution is 2.09. The predicted molar refractivity (Wildman–Crippen MR) is 101 cm³/mol. The first-order valence-electron chi connectivity index (χ1n) is 8.62. The molecule has 130 valence electrons. The lowest BCUT2D eigenvalue weighted by Crippen LogP contribution is -2.38. The Morgan fingerprint density at radius 3 is 2.80 bits per heavy atom. The van der Waals surface area contributed by atoms with Gasteiger partial charge in [-0.25, -0.2) is 9.98 Å². The zero-order chi connectivity index (χ0) is 17.5. The van der Waals surface area contributed by atoms with Gasteiger partial charge in [-0.2, -0.15) is 0 Å². The number of hydrogen-bond donors (Lipinski definition) is 2. The van der Waals surface area contributed by atoms with Crippen LogP contribution in [-0.2, 0) is 13.0 Å². The van der Waals surface area contributed by atoms with Crippen LogP contribution in [0.2, 0.25) is 0 Å². The van der Waals surface area contributed by atoms with Crippen LogP contribution in [0.25, 0.3) is 5.65 Å². The zero-order valence-electron chi connectivity index (χ0n) is 14.7. The lowest BCUT2D eigenvalue weighted by molar-refractivity contribution is 0.786. The Bertz CT molecular complexity index is 838. The van der Waals surface area contributed by atoms with Crippen molar-refractivity contribution in [3.63, 3.8) is 0 Å². The van der Waals surface area contributed by atoms with Gasteiger partial charge in [0.05, 0.1) is 12.2 Å². The summed E-state index contributed by atoms with van der Waals surface area (Å²) in [4.78, 5) is 13.6. The molecule has 0 saturated carbocycles. The number of aliphatic imine (C=N–C) groups is 1. The molecule has 0 atom stereocenters. The van der Waals surface area contributed by atoms with Crippen LogP contribution in [0, 0.1) is 6.92 Å². The van der Waals surface area contributed by atoms with Gasteiger partial charge < -0.3 is 15.0 Å². The summed E-state index contributed by atoms with van der Waals surface area (Å²) >= 11 is 0. The van der Waals surface area contributed by atoms with Crippen molar-refractivity contribution in [3.8, 4) is 0 Å². The number of rotatable bonds is 6. The molecule has 6 heteroatoms. The van der Waals surface area contributed by atoms with Crippen LogP contribution < -0.4 is 10.6 Å². The Balaban J connectivity index is 1.61. The van der Waals surface area contributed by atoms with E-state index in [1.54, 1.807) is 0 Å². The van der Waals surface area contributed by atoms with Gasteiger partial charge in [0.1, 0.15) is 5.65 Å². The third-order valence-corrected chi connectivity index (χ3v) is 3.89.